The Bertz CT molecular complexity index is 484. The average Bonchev–Trinajstić information content (AvgIpc) is 2.46. The van der Waals surface area contributed by atoms with Crippen LogP contribution in [0.3, 0.4) is 0 Å². The predicted octanol–water partition coefficient (Wildman–Crippen LogP) is 5.13. The van der Waals surface area contributed by atoms with E-state index in [1.807, 2.05) is 46.8 Å². The van der Waals surface area contributed by atoms with Crippen molar-refractivity contribution < 1.29 is 18.8 Å². The molecule has 0 aromatic carbocycles. The molecule has 0 bridgehead atoms. The van der Waals surface area contributed by atoms with Crippen molar-refractivity contribution in [2.45, 2.75) is 86.4 Å². The molecular weight excluding hydrogens is 315 g/mol. The van der Waals surface area contributed by atoms with Crippen molar-refractivity contribution in [3.63, 3.8) is 0 Å². The van der Waals surface area contributed by atoms with E-state index in [2.05, 4.69) is 27.7 Å². The van der Waals surface area contributed by atoms with Crippen LogP contribution in [0, 0.1) is 5.92 Å². The largest absolute Gasteiger partial charge is 0.489 e. The monoisotopic (exact) mass is 352 g/mol. The van der Waals surface area contributed by atoms with E-state index in [4.69, 9.17) is 14.0 Å². The number of hydrogen-bond acceptors (Lipinski definition) is 4. The molecule has 0 fully saturated rings. The topological polar surface area (TPSA) is 44.8 Å². The second-order valence-corrected chi connectivity index (χ2v) is 8.45. The van der Waals surface area contributed by atoms with E-state index >= 15 is 0 Å². The maximum absolute atomic E-state index is 11.8. The Kier molecular flexibility index (Phi) is 9.74. The molecule has 0 N–H and O–H groups in total. The van der Waals surface area contributed by atoms with Crippen LogP contribution in [-0.2, 0) is 18.8 Å². The van der Waals surface area contributed by atoms with Gasteiger partial charge in [0.1, 0.15) is 5.60 Å². The highest BCUT2D eigenvalue weighted by Gasteiger charge is 2.31. The average molecular weight is 352 g/mol. The molecule has 0 radical (unpaired) electrons. The number of carbonyl (C=O) groups excluding carboxylic acids is 1. The molecule has 0 aromatic rings. The predicted molar refractivity (Wildman–Crippen MR) is 105 cm³/mol. The van der Waals surface area contributed by atoms with E-state index in [-0.39, 0.29) is 18.7 Å². The summed E-state index contributed by atoms with van der Waals surface area (Å²) in [5.74, 6) is 0.210. The smallest absolute Gasteiger partial charge is 0.460 e. The van der Waals surface area contributed by atoms with Crippen LogP contribution in [0.5, 0.6) is 0 Å². The molecule has 0 amide bonds. The van der Waals surface area contributed by atoms with Gasteiger partial charge < -0.3 is 14.0 Å². The Morgan fingerprint density at radius 1 is 1.04 bits per heavy atom. The Hall–Kier alpha value is -1.07. The fourth-order valence-corrected chi connectivity index (χ4v) is 1.87. The molecule has 0 unspecified atom stereocenters. The molecule has 4 nitrogen and oxygen atoms in total. The van der Waals surface area contributed by atoms with Gasteiger partial charge in [-0.2, -0.15) is 0 Å². The third-order valence-electron chi connectivity index (χ3n) is 4.16. The second kappa shape index (κ2) is 10.2. The van der Waals surface area contributed by atoms with E-state index in [1.54, 1.807) is 7.11 Å². The van der Waals surface area contributed by atoms with E-state index in [1.165, 1.54) is 0 Å². The lowest BCUT2D eigenvalue weighted by Gasteiger charge is -2.32. The van der Waals surface area contributed by atoms with Crippen LogP contribution in [0.1, 0.15) is 75.2 Å². The van der Waals surface area contributed by atoms with Crippen LogP contribution in [0.4, 0.5) is 0 Å². The Morgan fingerprint density at radius 3 is 2.04 bits per heavy atom. The van der Waals surface area contributed by atoms with Crippen molar-refractivity contribution in [3.05, 3.63) is 23.2 Å². The minimum atomic E-state index is -0.433. The highest BCUT2D eigenvalue weighted by Crippen LogP contribution is 2.23. The summed E-state index contributed by atoms with van der Waals surface area (Å²) in [5, 5.41) is 0. The summed E-state index contributed by atoms with van der Waals surface area (Å²) >= 11 is 0. The van der Waals surface area contributed by atoms with Crippen LogP contribution in [0.25, 0.3) is 0 Å². The number of allylic oxidation sites excluding steroid dienone is 4. The summed E-state index contributed by atoms with van der Waals surface area (Å²) in [6.45, 7) is 18.0. The van der Waals surface area contributed by atoms with Gasteiger partial charge in [0, 0.05) is 13.5 Å². The number of ether oxygens (including phenoxy) is 1. The lowest BCUT2D eigenvalue weighted by Crippen LogP contribution is -2.39. The van der Waals surface area contributed by atoms with E-state index in [0.29, 0.717) is 18.8 Å². The van der Waals surface area contributed by atoms with E-state index in [9.17, 15) is 4.79 Å². The zero-order valence-electron chi connectivity index (χ0n) is 17.9. The number of carbonyl (C=O) groups is 1. The molecule has 0 rings (SSSR count). The Balaban J connectivity index is 4.73. The third-order valence-corrected chi connectivity index (χ3v) is 4.16. The second-order valence-electron chi connectivity index (χ2n) is 8.45. The first-order chi connectivity index (χ1) is 11.3. The summed E-state index contributed by atoms with van der Waals surface area (Å²) in [5.41, 5.74) is 1.40. The minimum Gasteiger partial charge on any atom is -0.460 e. The molecule has 0 saturated heterocycles. The lowest BCUT2D eigenvalue weighted by molar-refractivity contribution is -0.154. The van der Waals surface area contributed by atoms with Crippen LogP contribution in [-0.4, -0.2) is 31.4 Å². The maximum Gasteiger partial charge on any atom is 0.489 e. The normalized spacial score (nSPS) is 14.0. The lowest BCUT2D eigenvalue weighted by atomic mass is 9.76. The quantitative estimate of drug-likeness (QED) is 0.328. The molecule has 0 aliphatic carbocycles. The molecule has 0 heterocycles. The van der Waals surface area contributed by atoms with Crippen molar-refractivity contribution in [2.75, 3.05) is 7.11 Å². The van der Waals surface area contributed by atoms with Gasteiger partial charge >= 0.3 is 13.1 Å². The van der Waals surface area contributed by atoms with Gasteiger partial charge in [0.25, 0.3) is 0 Å². The van der Waals surface area contributed by atoms with Gasteiger partial charge in [0.2, 0.25) is 0 Å². The van der Waals surface area contributed by atoms with Crippen molar-refractivity contribution in [1.82, 2.24) is 0 Å². The summed E-state index contributed by atoms with van der Waals surface area (Å²) in [4.78, 5) is 11.8. The first-order valence-electron chi connectivity index (χ1n) is 9.05. The molecule has 0 aliphatic heterocycles. The molecule has 25 heavy (non-hydrogen) atoms. The maximum atomic E-state index is 11.8. The Morgan fingerprint density at radius 2 is 1.60 bits per heavy atom. The molecule has 0 atom stereocenters. The van der Waals surface area contributed by atoms with E-state index in [0.717, 1.165) is 11.0 Å². The van der Waals surface area contributed by atoms with Gasteiger partial charge in [0.05, 0.1) is 5.60 Å². The number of esters is 1. The van der Waals surface area contributed by atoms with Gasteiger partial charge in [-0.3, -0.25) is 4.79 Å². The van der Waals surface area contributed by atoms with Crippen LogP contribution >= 0.6 is 0 Å². The SMILES string of the molecule is COB(OC(C)(C)C(C)C)/C(C)=C/C=C(\C)CCC(=O)OC(C)(C)C. The van der Waals surface area contributed by atoms with Crippen LogP contribution < -0.4 is 0 Å². The highest BCUT2D eigenvalue weighted by molar-refractivity contribution is 6.53. The molecule has 0 aliphatic rings. The van der Waals surface area contributed by atoms with E-state index < -0.39 is 5.60 Å². The van der Waals surface area contributed by atoms with Gasteiger partial charge in [-0.25, -0.2) is 0 Å². The van der Waals surface area contributed by atoms with Crippen molar-refractivity contribution in [2.24, 2.45) is 5.92 Å². The summed E-state index contributed by atoms with van der Waals surface area (Å²) < 4.78 is 16.9. The van der Waals surface area contributed by atoms with Crippen molar-refractivity contribution >= 4 is 13.1 Å². The fourth-order valence-electron chi connectivity index (χ4n) is 1.87. The molecule has 0 spiro atoms. The zero-order valence-corrected chi connectivity index (χ0v) is 17.9. The Labute approximate surface area is 155 Å². The van der Waals surface area contributed by atoms with Gasteiger partial charge in [-0.15, -0.1) is 0 Å². The molecule has 5 heteroatoms. The minimum absolute atomic E-state index is 0.169. The highest BCUT2D eigenvalue weighted by atomic mass is 16.6. The summed E-state index contributed by atoms with van der Waals surface area (Å²) in [6, 6.07) is 0. The van der Waals surface area contributed by atoms with Gasteiger partial charge in [-0.05, 0) is 66.3 Å². The summed E-state index contributed by atoms with van der Waals surface area (Å²) in [7, 11) is 1.27. The summed E-state index contributed by atoms with van der Waals surface area (Å²) in [6.07, 6.45) is 5.07. The van der Waals surface area contributed by atoms with Gasteiger partial charge in [0.15, 0.2) is 0 Å². The fraction of sp³-hybridized carbons (Fsp3) is 0.750. The zero-order chi connectivity index (χ0) is 19.8. The molecular formula is C20H37BO4. The standard InChI is InChI=1S/C20H37BO4/c1-15(2)20(8,9)25-21(23-10)17(4)13-11-16(3)12-14-18(22)24-19(5,6)7/h11,13,15H,12,14H2,1-10H3/b16-11+,17-13+. The first kappa shape index (κ1) is 23.9. The van der Waals surface area contributed by atoms with Gasteiger partial charge in [-0.1, -0.05) is 31.6 Å². The van der Waals surface area contributed by atoms with Crippen molar-refractivity contribution in [1.29, 1.82) is 0 Å². The molecule has 144 valence electrons. The van der Waals surface area contributed by atoms with Crippen LogP contribution in [0.15, 0.2) is 23.2 Å². The van der Waals surface area contributed by atoms with Crippen molar-refractivity contribution in [3.8, 4) is 0 Å². The third kappa shape index (κ3) is 10.5. The molecule has 0 aromatic heterocycles. The van der Waals surface area contributed by atoms with Crippen LogP contribution in [0.2, 0.25) is 0 Å². The molecule has 0 saturated carbocycles. The number of hydrogen-bond donors (Lipinski definition) is 0. The first-order valence-corrected chi connectivity index (χ1v) is 9.05. The number of rotatable bonds is 9.